The lowest BCUT2D eigenvalue weighted by Crippen LogP contribution is -2.15. The van der Waals surface area contributed by atoms with Crippen LogP contribution in [0.2, 0.25) is 0 Å². The van der Waals surface area contributed by atoms with Crippen molar-refractivity contribution in [3.05, 3.63) is 60.7 Å². The molecule has 2 aromatic carbocycles. The first-order chi connectivity index (χ1) is 14.6. The number of nitrogens with one attached hydrogen (secondary N) is 1. The van der Waals surface area contributed by atoms with Gasteiger partial charge in [-0.25, -0.2) is 4.98 Å². The Hall–Kier alpha value is -3.34. The molecule has 0 saturated carbocycles. The molecule has 30 heavy (non-hydrogen) atoms. The lowest BCUT2D eigenvalue weighted by Gasteiger charge is -2.18. The standard InChI is InChI=1S/C25H26N2O3/c1-17(2)9-12-25(28)26-20-6-3-5-18(15-20)21-7-4-8-22(27-21)19-10-11-23-24(16-19)30-14-13-29-23/h3-8,10-11,15-17H,9,12-14H2,1-2H3,(H,26,28). The third kappa shape index (κ3) is 4.79. The molecular formula is C25H26N2O3. The number of amides is 1. The monoisotopic (exact) mass is 402 g/mol. The van der Waals surface area contributed by atoms with Gasteiger partial charge in [0.1, 0.15) is 13.2 Å². The average Bonchev–Trinajstić information content (AvgIpc) is 2.77. The molecule has 1 N–H and O–H groups in total. The molecular weight excluding hydrogens is 376 g/mol. The fraction of sp³-hybridized carbons (Fsp3) is 0.280. The average molecular weight is 402 g/mol. The van der Waals surface area contributed by atoms with Gasteiger partial charge in [-0.1, -0.05) is 32.0 Å². The molecule has 2 heterocycles. The van der Waals surface area contributed by atoms with Gasteiger partial charge >= 0.3 is 0 Å². The van der Waals surface area contributed by atoms with E-state index in [-0.39, 0.29) is 5.91 Å². The van der Waals surface area contributed by atoms with Crippen LogP contribution in [0.5, 0.6) is 11.5 Å². The number of nitrogens with zero attached hydrogens (tertiary/aromatic N) is 1. The van der Waals surface area contributed by atoms with Crippen LogP contribution < -0.4 is 14.8 Å². The summed E-state index contributed by atoms with van der Waals surface area (Å²) in [5, 5.41) is 2.99. The van der Waals surface area contributed by atoms with E-state index in [2.05, 4.69) is 19.2 Å². The Kier molecular flexibility index (Phi) is 5.98. The number of carbonyl (C=O) groups excluding carboxylic acids is 1. The zero-order valence-corrected chi connectivity index (χ0v) is 17.4. The minimum Gasteiger partial charge on any atom is -0.486 e. The summed E-state index contributed by atoms with van der Waals surface area (Å²) in [5.41, 5.74) is 4.42. The molecule has 5 nitrogen and oxygen atoms in total. The molecule has 154 valence electrons. The van der Waals surface area contributed by atoms with E-state index in [9.17, 15) is 4.79 Å². The minimum absolute atomic E-state index is 0.0406. The van der Waals surface area contributed by atoms with E-state index in [1.54, 1.807) is 0 Å². The van der Waals surface area contributed by atoms with Crippen LogP contribution in [-0.4, -0.2) is 24.1 Å². The van der Waals surface area contributed by atoms with Crippen LogP contribution in [0.1, 0.15) is 26.7 Å². The summed E-state index contributed by atoms with van der Waals surface area (Å²) in [7, 11) is 0. The first kappa shape index (κ1) is 20.0. The highest BCUT2D eigenvalue weighted by atomic mass is 16.6. The summed E-state index contributed by atoms with van der Waals surface area (Å²) in [4.78, 5) is 17.0. The Morgan fingerprint density at radius 1 is 0.933 bits per heavy atom. The molecule has 1 aliphatic rings. The van der Waals surface area contributed by atoms with Gasteiger partial charge in [-0.05, 0) is 54.8 Å². The summed E-state index contributed by atoms with van der Waals surface area (Å²) >= 11 is 0. The van der Waals surface area contributed by atoms with Crippen molar-refractivity contribution in [1.82, 2.24) is 4.98 Å². The van der Waals surface area contributed by atoms with Crippen molar-refractivity contribution in [3.8, 4) is 34.0 Å². The molecule has 0 bridgehead atoms. The number of ether oxygens (including phenoxy) is 2. The molecule has 1 aliphatic heterocycles. The Morgan fingerprint density at radius 3 is 2.40 bits per heavy atom. The smallest absolute Gasteiger partial charge is 0.224 e. The molecule has 4 rings (SSSR count). The zero-order chi connectivity index (χ0) is 20.9. The molecule has 0 radical (unpaired) electrons. The lowest BCUT2D eigenvalue weighted by atomic mass is 10.1. The number of pyridine rings is 1. The fourth-order valence-corrected chi connectivity index (χ4v) is 3.36. The molecule has 0 fully saturated rings. The second kappa shape index (κ2) is 8.99. The van der Waals surface area contributed by atoms with Gasteiger partial charge in [-0.2, -0.15) is 0 Å². The third-order valence-electron chi connectivity index (χ3n) is 4.98. The maximum Gasteiger partial charge on any atom is 0.224 e. The van der Waals surface area contributed by atoms with Crippen LogP contribution in [0.25, 0.3) is 22.5 Å². The quantitative estimate of drug-likeness (QED) is 0.586. The fourth-order valence-electron chi connectivity index (χ4n) is 3.36. The largest absolute Gasteiger partial charge is 0.486 e. The molecule has 0 saturated heterocycles. The number of hydrogen-bond donors (Lipinski definition) is 1. The topological polar surface area (TPSA) is 60.5 Å². The van der Waals surface area contributed by atoms with E-state index in [1.165, 1.54) is 0 Å². The molecule has 0 spiro atoms. The number of anilines is 1. The van der Waals surface area contributed by atoms with Gasteiger partial charge in [0.2, 0.25) is 5.91 Å². The Bertz CT molecular complexity index is 1050. The van der Waals surface area contributed by atoms with Crippen molar-refractivity contribution in [3.63, 3.8) is 0 Å². The van der Waals surface area contributed by atoms with Crippen molar-refractivity contribution in [2.45, 2.75) is 26.7 Å². The number of hydrogen-bond acceptors (Lipinski definition) is 4. The van der Waals surface area contributed by atoms with E-state index < -0.39 is 0 Å². The van der Waals surface area contributed by atoms with E-state index in [0.29, 0.717) is 25.6 Å². The van der Waals surface area contributed by atoms with Crippen LogP contribution in [0.3, 0.4) is 0 Å². The van der Waals surface area contributed by atoms with Crippen molar-refractivity contribution >= 4 is 11.6 Å². The lowest BCUT2D eigenvalue weighted by molar-refractivity contribution is -0.116. The zero-order valence-electron chi connectivity index (χ0n) is 17.4. The number of rotatable bonds is 6. The summed E-state index contributed by atoms with van der Waals surface area (Å²) in [6.07, 6.45) is 1.41. The number of benzene rings is 2. The maximum absolute atomic E-state index is 12.2. The molecule has 0 unspecified atom stereocenters. The second-order valence-electron chi connectivity index (χ2n) is 7.83. The first-order valence-electron chi connectivity index (χ1n) is 10.4. The van der Waals surface area contributed by atoms with Crippen molar-refractivity contribution in [2.75, 3.05) is 18.5 Å². The van der Waals surface area contributed by atoms with Crippen LogP contribution in [-0.2, 0) is 4.79 Å². The molecule has 0 aliphatic carbocycles. The Labute approximate surface area is 177 Å². The van der Waals surface area contributed by atoms with Gasteiger partial charge in [-0.3, -0.25) is 4.79 Å². The van der Waals surface area contributed by atoms with Crippen molar-refractivity contribution < 1.29 is 14.3 Å². The van der Waals surface area contributed by atoms with Crippen molar-refractivity contribution in [2.24, 2.45) is 5.92 Å². The Morgan fingerprint density at radius 2 is 1.63 bits per heavy atom. The van der Waals surface area contributed by atoms with Crippen LogP contribution in [0, 0.1) is 5.92 Å². The molecule has 1 amide bonds. The van der Waals surface area contributed by atoms with E-state index in [0.717, 1.165) is 46.1 Å². The summed E-state index contributed by atoms with van der Waals surface area (Å²) in [5.74, 6) is 2.06. The van der Waals surface area contributed by atoms with E-state index >= 15 is 0 Å². The number of aromatic nitrogens is 1. The van der Waals surface area contributed by atoms with Gasteiger partial charge < -0.3 is 14.8 Å². The first-order valence-corrected chi connectivity index (χ1v) is 10.4. The van der Waals surface area contributed by atoms with Crippen LogP contribution in [0.15, 0.2) is 60.7 Å². The second-order valence-corrected chi connectivity index (χ2v) is 7.83. The predicted molar refractivity (Wildman–Crippen MR) is 119 cm³/mol. The minimum atomic E-state index is 0.0406. The molecule has 0 atom stereocenters. The highest BCUT2D eigenvalue weighted by Gasteiger charge is 2.13. The van der Waals surface area contributed by atoms with Gasteiger partial charge in [0, 0.05) is 23.2 Å². The van der Waals surface area contributed by atoms with Crippen LogP contribution in [0.4, 0.5) is 5.69 Å². The SMILES string of the molecule is CC(C)CCC(=O)Nc1cccc(-c2cccc(-c3ccc4c(c3)OCCO4)n2)c1. The van der Waals surface area contributed by atoms with Gasteiger partial charge in [0.05, 0.1) is 11.4 Å². The van der Waals surface area contributed by atoms with E-state index in [4.69, 9.17) is 14.5 Å². The number of carbonyl (C=O) groups is 1. The van der Waals surface area contributed by atoms with Gasteiger partial charge in [0.25, 0.3) is 0 Å². The normalized spacial score (nSPS) is 12.6. The van der Waals surface area contributed by atoms with E-state index in [1.807, 2.05) is 60.7 Å². The molecule has 1 aromatic heterocycles. The summed E-state index contributed by atoms with van der Waals surface area (Å²) in [6, 6.07) is 19.6. The van der Waals surface area contributed by atoms with Crippen LogP contribution >= 0.6 is 0 Å². The highest BCUT2D eigenvalue weighted by molar-refractivity contribution is 5.91. The third-order valence-corrected chi connectivity index (χ3v) is 4.98. The summed E-state index contributed by atoms with van der Waals surface area (Å²) in [6.45, 7) is 5.37. The molecule has 5 heteroatoms. The van der Waals surface area contributed by atoms with Gasteiger partial charge in [-0.15, -0.1) is 0 Å². The summed E-state index contributed by atoms with van der Waals surface area (Å²) < 4.78 is 11.3. The van der Waals surface area contributed by atoms with Gasteiger partial charge in [0.15, 0.2) is 11.5 Å². The Balaban J connectivity index is 1.55. The predicted octanol–water partition coefficient (Wildman–Crippen LogP) is 5.56. The highest BCUT2D eigenvalue weighted by Crippen LogP contribution is 2.34. The van der Waals surface area contributed by atoms with Crippen molar-refractivity contribution in [1.29, 1.82) is 0 Å². The number of fused-ring (bicyclic) bond motifs is 1. The maximum atomic E-state index is 12.2. The molecule has 3 aromatic rings.